The van der Waals surface area contributed by atoms with Gasteiger partial charge in [-0.05, 0) is 30.3 Å². The summed E-state index contributed by atoms with van der Waals surface area (Å²) >= 11 is 0. The molecule has 2 rings (SSSR count). The Morgan fingerprint density at radius 3 is 2.50 bits per heavy atom. The Morgan fingerprint density at radius 1 is 1.20 bits per heavy atom. The summed E-state index contributed by atoms with van der Waals surface area (Å²) in [5.74, 6) is 1.38. The van der Waals surface area contributed by atoms with E-state index in [0.29, 0.717) is 12.4 Å². The molecule has 6 heteroatoms. The number of anilines is 1. The normalized spacial score (nSPS) is 11.1. The summed E-state index contributed by atoms with van der Waals surface area (Å²) in [4.78, 5) is 4.47. The fourth-order valence-corrected chi connectivity index (χ4v) is 2.35. The molecule has 0 saturated heterocycles. The summed E-state index contributed by atoms with van der Waals surface area (Å²) in [7, 11) is -1.37. The maximum absolute atomic E-state index is 11.3. The third kappa shape index (κ3) is 3.48. The number of benzene rings is 1. The van der Waals surface area contributed by atoms with Crippen molar-refractivity contribution >= 4 is 15.7 Å². The van der Waals surface area contributed by atoms with Gasteiger partial charge in [0.15, 0.2) is 9.84 Å². The number of sulfone groups is 1. The molecule has 2 aromatic rings. The highest BCUT2D eigenvalue weighted by molar-refractivity contribution is 7.90. The first-order valence-electron chi connectivity index (χ1n) is 6.05. The van der Waals surface area contributed by atoms with Gasteiger partial charge in [0.1, 0.15) is 18.2 Å². The van der Waals surface area contributed by atoms with E-state index in [1.165, 1.54) is 18.4 Å². The highest BCUT2D eigenvalue weighted by atomic mass is 32.2. The van der Waals surface area contributed by atoms with Gasteiger partial charge in [0.05, 0.1) is 4.90 Å². The Kier molecular flexibility index (Phi) is 4.24. The van der Waals surface area contributed by atoms with E-state index in [2.05, 4.69) is 10.3 Å². The van der Waals surface area contributed by atoms with E-state index in [9.17, 15) is 8.42 Å². The molecule has 1 aromatic heterocycles. The lowest BCUT2D eigenvalue weighted by Crippen LogP contribution is -2.02. The number of aromatic nitrogens is 1. The first-order chi connectivity index (χ1) is 9.50. The molecule has 0 fully saturated rings. The molecule has 1 heterocycles. The first kappa shape index (κ1) is 14.3. The SMILES string of the molecule is CNc1ncccc1COc1ccc(S(C)(=O)=O)cc1. The van der Waals surface area contributed by atoms with E-state index in [0.717, 1.165) is 11.4 Å². The Hall–Kier alpha value is -2.08. The van der Waals surface area contributed by atoms with E-state index in [-0.39, 0.29) is 4.90 Å². The fraction of sp³-hybridized carbons (Fsp3) is 0.214. The van der Waals surface area contributed by atoms with Crippen molar-refractivity contribution in [1.82, 2.24) is 4.98 Å². The molecule has 1 N–H and O–H groups in total. The minimum absolute atomic E-state index is 0.280. The summed E-state index contributed by atoms with van der Waals surface area (Å²) in [6.45, 7) is 0.363. The zero-order valence-corrected chi connectivity index (χ0v) is 12.1. The zero-order valence-electron chi connectivity index (χ0n) is 11.3. The van der Waals surface area contributed by atoms with Gasteiger partial charge in [0, 0.05) is 25.1 Å². The topological polar surface area (TPSA) is 68.3 Å². The second-order valence-electron chi connectivity index (χ2n) is 4.29. The third-order valence-electron chi connectivity index (χ3n) is 2.77. The van der Waals surface area contributed by atoms with E-state index in [1.807, 2.05) is 12.1 Å². The van der Waals surface area contributed by atoms with Crippen molar-refractivity contribution in [2.24, 2.45) is 0 Å². The highest BCUT2D eigenvalue weighted by Gasteiger charge is 2.07. The number of rotatable bonds is 5. The Balaban J connectivity index is 2.08. The van der Waals surface area contributed by atoms with Crippen LogP contribution in [-0.4, -0.2) is 26.7 Å². The Bertz CT molecular complexity index is 682. The molecule has 20 heavy (non-hydrogen) atoms. The average Bonchev–Trinajstić information content (AvgIpc) is 2.45. The molecule has 1 aromatic carbocycles. The molecule has 0 amide bonds. The number of nitrogens with zero attached hydrogens (tertiary/aromatic N) is 1. The smallest absolute Gasteiger partial charge is 0.175 e. The Labute approximate surface area is 118 Å². The van der Waals surface area contributed by atoms with Crippen molar-refractivity contribution in [3.63, 3.8) is 0 Å². The van der Waals surface area contributed by atoms with E-state index < -0.39 is 9.84 Å². The molecule has 0 atom stereocenters. The molecule has 0 radical (unpaired) electrons. The Morgan fingerprint density at radius 2 is 1.90 bits per heavy atom. The molecule has 0 aliphatic carbocycles. The van der Waals surface area contributed by atoms with Gasteiger partial charge in [-0.2, -0.15) is 0 Å². The zero-order chi connectivity index (χ0) is 14.6. The standard InChI is InChI=1S/C14H16N2O3S/c1-15-14-11(4-3-9-16-14)10-19-12-5-7-13(8-6-12)20(2,17)18/h3-9H,10H2,1-2H3,(H,15,16). The van der Waals surface area contributed by atoms with Crippen LogP contribution >= 0.6 is 0 Å². The summed E-state index contributed by atoms with van der Waals surface area (Å²) in [6.07, 6.45) is 2.88. The monoisotopic (exact) mass is 292 g/mol. The van der Waals surface area contributed by atoms with Crippen LogP contribution < -0.4 is 10.1 Å². The third-order valence-corrected chi connectivity index (χ3v) is 3.90. The van der Waals surface area contributed by atoms with Gasteiger partial charge in [-0.15, -0.1) is 0 Å². The van der Waals surface area contributed by atoms with Crippen LogP contribution in [0.1, 0.15) is 5.56 Å². The van der Waals surface area contributed by atoms with Crippen molar-refractivity contribution in [1.29, 1.82) is 0 Å². The van der Waals surface area contributed by atoms with Crippen molar-refractivity contribution in [2.75, 3.05) is 18.6 Å². The van der Waals surface area contributed by atoms with E-state index >= 15 is 0 Å². The van der Waals surface area contributed by atoms with Crippen molar-refractivity contribution in [3.8, 4) is 5.75 Å². The van der Waals surface area contributed by atoms with Crippen LogP contribution in [0, 0.1) is 0 Å². The molecular weight excluding hydrogens is 276 g/mol. The summed E-state index contributed by atoms with van der Waals surface area (Å²) < 4.78 is 28.3. The number of ether oxygens (including phenoxy) is 1. The van der Waals surface area contributed by atoms with Crippen molar-refractivity contribution in [3.05, 3.63) is 48.2 Å². The van der Waals surface area contributed by atoms with Gasteiger partial charge in [0.2, 0.25) is 0 Å². The molecule has 0 bridgehead atoms. The van der Waals surface area contributed by atoms with Gasteiger partial charge in [-0.3, -0.25) is 0 Å². The number of pyridine rings is 1. The van der Waals surface area contributed by atoms with Crippen LogP contribution in [-0.2, 0) is 16.4 Å². The average molecular weight is 292 g/mol. The fourth-order valence-electron chi connectivity index (χ4n) is 1.72. The van der Waals surface area contributed by atoms with Gasteiger partial charge in [-0.25, -0.2) is 13.4 Å². The molecular formula is C14H16N2O3S. The van der Waals surface area contributed by atoms with Crippen molar-refractivity contribution in [2.45, 2.75) is 11.5 Å². The lowest BCUT2D eigenvalue weighted by Gasteiger charge is -2.10. The maximum Gasteiger partial charge on any atom is 0.175 e. The summed E-state index contributed by atoms with van der Waals surface area (Å²) in [6, 6.07) is 10.1. The number of nitrogens with one attached hydrogen (secondary N) is 1. The largest absolute Gasteiger partial charge is 0.489 e. The van der Waals surface area contributed by atoms with Crippen LogP contribution in [0.3, 0.4) is 0 Å². The van der Waals surface area contributed by atoms with Crippen LogP contribution in [0.2, 0.25) is 0 Å². The van der Waals surface area contributed by atoms with Gasteiger partial charge >= 0.3 is 0 Å². The van der Waals surface area contributed by atoms with Crippen LogP contribution in [0.25, 0.3) is 0 Å². The predicted octanol–water partition coefficient (Wildman–Crippen LogP) is 2.11. The van der Waals surface area contributed by atoms with Crippen molar-refractivity contribution < 1.29 is 13.2 Å². The van der Waals surface area contributed by atoms with Gasteiger partial charge in [0.25, 0.3) is 0 Å². The summed E-state index contributed by atoms with van der Waals surface area (Å²) in [5.41, 5.74) is 0.933. The van der Waals surface area contributed by atoms with Gasteiger partial charge < -0.3 is 10.1 Å². The lowest BCUT2D eigenvalue weighted by molar-refractivity contribution is 0.306. The van der Waals surface area contributed by atoms with Crippen LogP contribution in [0.15, 0.2) is 47.5 Å². The minimum atomic E-state index is -3.17. The van der Waals surface area contributed by atoms with E-state index in [4.69, 9.17) is 4.74 Å². The molecule has 0 aliphatic rings. The molecule has 5 nitrogen and oxygen atoms in total. The van der Waals surface area contributed by atoms with Crippen LogP contribution in [0.4, 0.5) is 5.82 Å². The molecule has 0 spiro atoms. The second kappa shape index (κ2) is 5.92. The van der Waals surface area contributed by atoms with Gasteiger partial charge in [-0.1, -0.05) is 6.07 Å². The predicted molar refractivity (Wildman–Crippen MR) is 77.7 cm³/mol. The summed E-state index contributed by atoms with van der Waals surface area (Å²) in [5, 5.41) is 2.99. The minimum Gasteiger partial charge on any atom is -0.489 e. The first-order valence-corrected chi connectivity index (χ1v) is 7.94. The highest BCUT2D eigenvalue weighted by Crippen LogP contribution is 2.18. The molecule has 0 aliphatic heterocycles. The lowest BCUT2D eigenvalue weighted by atomic mass is 10.2. The number of hydrogen-bond donors (Lipinski definition) is 1. The second-order valence-corrected chi connectivity index (χ2v) is 6.31. The van der Waals surface area contributed by atoms with Crippen LogP contribution in [0.5, 0.6) is 5.75 Å². The molecule has 0 unspecified atom stereocenters. The van der Waals surface area contributed by atoms with E-state index in [1.54, 1.807) is 25.4 Å². The maximum atomic E-state index is 11.3. The quantitative estimate of drug-likeness (QED) is 0.914. The molecule has 106 valence electrons. The number of hydrogen-bond acceptors (Lipinski definition) is 5. The molecule has 0 saturated carbocycles.